The van der Waals surface area contributed by atoms with Crippen LogP contribution in [0.4, 0.5) is 18.9 Å². The Hall–Kier alpha value is -2.68. The number of carbonyl (C=O) groups is 1. The fourth-order valence-electron chi connectivity index (χ4n) is 2.39. The molecule has 0 aliphatic heterocycles. The first-order valence-electron chi connectivity index (χ1n) is 7.95. The van der Waals surface area contributed by atoms with E-state index in [0.717, 1.165) is 34.3 Å². The fraction of sp³-hybridized carbons (Fsp3) is 0.222. The van der Waals surface area contributed by atoms with Gasteiger partial charge in [-0.2, -0.15) is 0 Å². The van der Waals surface area contributed by atoms with Gasteiger partial charge in [0.2, 0.25) is 5.91 Å². The van der Waals surface area contributed by atoms with Gasteiger partial charge in [0.05, 0.1) is 16.8 Å². The molecule has 0 unspecified atom stereocenters. The second kappa shape index (κ2) is 7.51. The zero-order valence-electron chi connectivity index (χ0n) is 14.5. The summed E-state index contributed by atoms with van der Waals surface area (Å²) in [4.78, 5) is 19.6. The molecule has 0 atom stereocenters. The Bertz CT molecular complexity index is 929. The molecule has 5 nitrogen and oxygen atoms in total. The minimum absolute atomic E-state index is 0.110. The first-order valence-corrected chi connectivity index (χ1v) is 8.93. The number of thioether (sulfide) groups is 1. The van der Waals surface area contributed by atoms with E-state index < -0.39 is 6.36 Å². The predicted octanol–water partition coefficient (Wildman–Crippen LogP) is 4.81. The summed E-state index contributed by atoms with van der Waals surface area (Å²) in [6, 6.07) is 8.95. The van der Waals surface area contributed by atoms with Crippen LogP contribution in [0.25, 0.3) is 11.0 Å². The van der Waals surface area contributed by atoms with Crippen molar-refractivity contribution >= 4 is 34.4 Å². The number of H-pyrrole nitrogens is 1. The Morgan fingerprint density at radius 1 is 1.19 bits per heavy atom. The number of rotatable bonds is 5. The van der Waals surface area contributed by atoms with Gasteiger partial charge in [0.25, 0.3) is 0 Å². The van der Waals surface area contributed by atoms with Gasteiger partial charge in [-0.15, -0.1) is 13.2 Å². The molecular weight excluding hydrogens is 379 g/mol. The molecule has 0 spiro atoms. The number of fused-ring (bicyclic) bond motifs is 1. The number of alkyl halides is 3. The molecule has 2 N–H and O–H groups in total. The number of hydrogen-bond donors (Lipinski definition) is 2. The molecule has 3 rings (SSSR count). The zero-order chi connectivity index (χ0) is 19.6. The molecule has 27 heavy (non-hydrogen) atoms. The number of anilines is 1. The number of aryl methyl sites for hydroxylation is 2. The summed E-state index contributed by atoms with van der Waals surface area (Å²) in [5.41, 5.74) is 4.41. The fourth-order valence-corrected chi connectivity index (χ4v) is 3.07. The van der Waals surface area contributed by atoms with Crippen molar-refractivity contribution in [3.8, 4) is 5.75 Å². The first kappa shape index (κ1) is 19.1. The third kappa shape index (κ3) is 5.16. The van der Waals surface area contributed by atoms with E-state index in [4.69, 9.17) is 0 Å². The van der Waals surface area contributed by atoms with Gasteiger partial charge < -0.3 is 15.0 Å². The normalized spacial score (nSPS) is 11.6. The van der Waals surface area contributed by atoms with Crippen LogP contribution < -0.4 is 10.1 Å². The summed E-state index contributed by atoms with van der Waals surface area (Å²) in [6.45, 7) is 4.02. The van der Waals surface area contributed by atoms with Crippen molar-refractivity contribution in [1.82, 2.24) is 9.97 Å². The van der Waals surface area contributed by atoms with Crippen LogP contribution in [0.1, 0.15) is 11.1 Å². The minimum Gasteiger partial charge on any atom is -0.406 e. The van der Waals surface area contributed by atoms with Gasteiger partial charge in [-0.25, -0.2) is 4.98 Å². The van der Waals surface area contributed by atoms with E-state index in [1.165, 1.54) is 23.9 Å². The maximum absolute atomic E-state index is 12.1. The van der Waals surface area contributed by atoms with Crippen LogP contribution in [0.3, 0.4) is 0 Å². The van der Waals surface area contributed by atoms with Crippen molar-refractivity contribution in [1.29, 1.82) is 0 Å². The summed E-state index contributed by atoms with van der Waals surface area (Å²) in [6.07, 6.45) is -4.74. The summed E-state index contributed by atoms with van der Waals surface area (Å²) in [5.74, 6) is -0.529. The second-order valence-corrected chi connectivity index (χ2v) is 6.87. The Balaban J connectivity index is 1.56. The standard InChI is InChI=1S/C18H16F3N3O2S/c1-10-7-14-15(8-11(10)2)24-17(23-14)27-9-16(25)22-12-3-5-13(6-4-12)26-18(19,20)21/h3-8H,9H2,1-2H3,(H,22,25)(H,23,24). The van der Waals surface area contributed by atoms with E-state index in [0.29, 0.717) is 10.8 Å². The lowest BCUT2D eigenvalue weighted by Crippen LogP contribution is -2.17. The highest BCUT2D eigenvalue weighted by Gasteiger charge is 2.30. The van der Waals surface area contributed by atoms with Crippen LogP contribution in [0.2, 0.25) is 0 Å². The molecule has 0 saturated carbocycles. The predicted molar refractivity (Wildman–Crippen MR) is 98.0 cm³/mol. The van der Waals surface area contributed by atoms with E-state index >= 15 is 0 Å². The van der Waals surface area contributed by atoms with Crippen LogP contribution in [0, 0.1) is 13.8 Å². The van der Waals surface area contributed by atoms with Crippen LogP contribution >= 0.6 is 11.8 Å². The molecule has 1 amide bonds. The number of amides is 1. The first-order chi connectivity index (χ1) is 12.7. The van der Waals surface area contributed by atoms with Crippen LogP contribution in [0.5, 0.6) is 5.75 Å². The van der Waals surface area contributed by atoms with E-state index in [1.54, 1.807) is 0 Å². The van der Waals surface area contributed by atoms with Gasteiger partial charge >= 0.3 is 6.36 Å². The van der Waals surface area contributed by atoms with Crippen LogP contribution in [-0.2, 0) is 4.79 Å². The highest BCUT2D eigenvalue weighted by Crippen LogP contribution is 2.25. The van der Waals surface area contributed by atoms with Crippen molar-refractivity contribution < 1.29 is 22.7 Å². The van der Waals surface area contributed by atoms with E-state index in [9.17, 15) is 18.0 Å². The molecule has 0 saturated heterocycles. The monoisotopic (exact) mass is 395 g/mol. The molecule has 1 aromatic heterocycles. The summed E-state index contributed by atoms with van der Waals surface area (Å²) in [5, 5.41) is 3.24. The number of nitrogens with zero attached hydrogens (tertiary/aromatic N) is 1. The zero-order valence-corrected chi connectivity index (χ0v) is 15.3. The van der Waals surface area contributed by atoms with Gasteiger partial charge in [-0.3, -0.25) is 4.79 Å². The maximum atomic E-state index is 12.1. The number of aromatic amines is 1. The Morgan fingerprint density at radius 3 is 2.52 bits per heavy atom. The summed E-state index contributed by atoms with van der Waals surface area (Å²) in [7, 11) is 0. The largest absolute Gasteiger partial charge is 0.573 e. The molecule has 0 fully saturated rings. The third-order valence-corrected chi connectivity index (χ3v) is 4.66. The number of nitrogens with one attached hydrogen (secondary N) is 2. The van der Waals surface area contributed by atoms with Gasteiger partial charge in [0.1, 0.15) is 5.75 Å². The molecule has 9 heteroatoms. The van der Waals surface area contributed by atoms with Gasteiger partial charge in [-0.05, 0) is 61.4 Å². The Morgan fingerprint density at radius 2 is 1.85 bits per heavy atom. The molecule has 1 heterocycles. The van der Waals surface area contributed by atoms with E-state index in [-0.39, 0.29) is 17.4 Å². The van der Waals surface area contributed by atoms with Crippen molar-refractivity contribution in [2.24, 2.45) is 0 Å². The molecule has 0 radical (unpaired) electrons. The topological polar surface area (TPSA) is 67.0 Å². The highest BCUT2D eigenvalue weighted by atomic mass is 32.2. The van der Waals surface area contributed by atoms with Gasteiger partial charge in [-0.1, -0.05) is 11.8 Å². The number of aromatic nitrogens is 2. The van der Waals surface area contributed by atoms with Crippen LogP contribution in [-0.4, -0.2) is 28.0 Å². The van der Waals surface area contributed by atoms with Gasteiger partial charge in [0, 0.05) is 5.69 Å². The lowest BCUT2D eigenvalue weighted by molar-refractivity contribution is -0.274. The minimum atomic E-state index is -4.74. The molecule has 0 aliphatic rings. The Labute approximate surface area is 157 Å². The van der Waals surface area contributed by atoms with Gasteiger partial charge in [0.15, 0.2) is 5.16 Å². The molecule has 142 valence electrons. The number of hydrogen-bond acceptors (Lipinski definition) is 4. The molecular formula is C18H16F3N3O2S. The van der Waals surface area contributed by atoms with Crippen molar-refractivity contribution in [2.45, 2.75) is 25.4 Å². The van der Waals surface area contributed by atoms with E-state index in [1.807, 2.05) is 26.0 Å². The average molecular weight is 395 g/mol. The number of imidazole rings is 1. The molecule has 0 bridgehead atoms. The number of benzene rings is 2. The van der Waals surface area contributed by atoms with Crippen molar-refractivity contribution in [3.63, 3.8) is 0 Å². The maximum Gasteiger partial charge on any atom is 0.573 e. The molecule has 0 aliphatic carbocycles. The highest BCUT2D eigenvalue weighted by molar-refractivity contribution is 7.99. The SMILES string of the molecule is Cc1cc2nc(SCC(=O)Nc3ccc(OC(F)(F)F)cc3)[nH]c2cc1C. The average Bonchev–Trinajstić information content (AvgIpc) is 2.95. The van der Waals surface area contributed by atoms with Crippen molar-refractivity contribution in [2.75, 3.05) is 11.1 Å². The lowest BCUT2D eigenvalue weighted by Gasteiger charge is -2.09. The Kier molecular flexibility index (Phi) is 5.31. The number of halogens is 3. The smallest absolute Gasteiger partial charge is 0.406 e. The van der Waals surface area contributed by atoms with Crippen molar-refractivity contribution in [3.05, 3.63) is 47.5 Å². The number of ether oxygens (including phenoxy) is 1. The van der Waals surface area contributed by atoms with Crippen LogP contribution in [0.15, 0.2) is 41.6 Å². The molecule has 3 aromatic rings. The summed E-state index contributed by atoms with van der Waals surface area (Å²) < 4.78 is 40.2. The van der Waals surface area contributed by atoms with E-state index in [2.05, 4.69) is 20.0 Å². The third-order valence-electron chi connectivity index (χ3n) is 3.79. The second-order valence-electron chi connectivity index (χ2n) is 5.90. The quantitative estimate of drug-likeness (QED) is 0.609. The lowest BCUT2D eigenvalue weighted by atomic mass is 10.1. The number of carbonyl (C=O) groups excluding carboxylic acids is 1. The molecule has 2 aromatic carbocycles. The summed E-state index contributed by atoms with van der Waals surface area (Å²) >= 11 is 1.24.